The molecule has 20 heavy (non-hydrogen) atoms. The second-order valence-corrected chi connectivity index (χ2v) is 6.87. The standard InChI is InChI=1S/C13H19N3O3S/c1-13(7-4-8-15-9-13)12(17)16-10-5-2-3-6-11(10)20(14,18)19/h2-3,5-6,15H,4,7-9H2,1H3,(H,16,17)(H2,14,18,19). The highest BCUT2D eigenvalue weighted by Crippen LogP contribution is 2.28. The van der Waals surface area contributed by atoms with E-state index in [-0.39, 0.29) is 16.5 Å². The van der Waals surface area contributed by atoms with Crippen LogP contribution in [0.5, 0.6) is 0 Å². The molecule has 0 spiro atoms. The number of para-hydroxylation sites is 1. The van der Waals surface area contributed by atoms with E-state index in [1.807, 2.05) is 6.92 Å². The zero-order valence-corrected chi connectivity index (χ0v) is 12.2. The maximum absolute atomic E-state index is 12.4. The lowest BCUT2D eigenvalue weighted by Crippen LogP contribution is -2.46. The highest BCUT2D eigenvalue weighted by molar-refractivity contribution is 7.89. The summed E-state index contributed by atoms with van der Waals surface area (Å²) in [5.74, 6) is -0.194. The number of primary sulfonamides is 1. The van der Waals surface area contributed by atoms with Crippen molar-refractivity contribution in [3.63, 3.8) is 0 Å². The number of rotatable bonds is 3. The highest BCUT2D eigenvalue weighted by Gasteiger charge is 2.35. The quantitative estimate of drug-likeness (QED) is 0.763. The third-order valence-electron chi connectivity index (χ3n) is 3.59. The number of nitrogens with two attached hydrogens (primary N) is 1. The van der Waals surface area contributed by atoms with Crippen LogP contribution in [0.25, 0.3) is 0 Å². The molecule has 1 aliphatic heterocycles. The highest BCUT2D eigenvalue weighted by atomic mass is 32.2. The smallest absolute Gasteiger partial charge is 0.240 e. The van der Waals surface area contributed by atoms with E-state index >= 15 is 0 Å². The summed E-state index contributed by atoms with van der Waals surface area (Å²) in [6.45, 7) is 3.35. The number of sulfonamides is 1. The number of anilines is 1. The van der Waals surface area contributed by atoms with Crippen LogP contribution in [0.2, 0.25) is 0 Å². The Kier molecular flexibility index (Phi) is 4.12. The van der Waals surface area contributed by atoms with E-state index in [9.17, 15) is 13.2 Å². The summed E-state index contributed by atoms with van der Waals surface area (Å²) < 4.78 is 23.0. The van der Waals surface area contributed by atoms with Crippen LogP contribution in [0, 0.1) is 5.41 Å². The first-order chi connectivity index (χ1) is 9.33. The van der Waals surface area contributed by atoms with Crippen molar-refractivity contribution in [1.82, 2.24) is 5.32 Å². The van der Waals surface area contributed by atoms with Crippen LogP contribution < -0.4 is 15.8 Å². The molecule has 6 nitrogen and oxygen atoms in total. The minimum absolute atomic E-state index is 0.0688. The van der Waals surface area contributed by atoms with Gasteiger partial charge in [-0.25, -0.2) is 13.6 Å². The Morgan fingerprint density at radius 3 is 2.70 bits per heavy atom. The topological polar surface area (TPSA) is 101 Å². The molecule has 7 heteroatoms. The zero-order valence-electron chi connectivity index (χ0n) is 11.3. The molecular formula is C13H19N3O3S. The maximum atomic E-state index is 12.4. The minimum atomic E-state index is -3.86. The van der Waals surface area contributed by atoms with Crippen LogP contribution >= 0.6 is 0 Å². The summed E-state index contributed by atoms with van der Waals surface area (Å²) in [5, 5.41) is 11.0. The third kappa shape index (κ3) is 3.17. The van der Waals surface area contributed by atoms with E-state index in [0.717, 1.165) is 19.4 Å². The molecule has 0 saturated carbocycles. The first-order valence-electron chi connectivity index (χ1n) is 6.47. The van der Waals surface area contributed by atoms with Gasteiger partial charge in [-0.2, -0.15) is 0 Å². The summed E-state index contributed by atoms with van der Waals surface area (Å²) in [7, 11) is -3.86. The molecule has 0 aromatic heterocycles. The molecule has 1 amide bonds. The fourth-order valence-electron chi connectivity index (χ4n) is 2.34. The molecule has 4 N–H and O–H groups in total. The summed E-state index contributed by atoms with van der Waals surface area (Å²) in [6.07, 6.45) is 1.68. The number of piperidine rings is 1. The molecule has 2 rings (SSSR count). The van der Waals surface area contributed by atoms with Crippen LogP contribution in [0.4, 0.5) is 5.69 Å². The summed E-state index contributed by atoms with van der Waals surface area (Å²) in [6, 6.07) is 6.15. The third-order valence-corrected chi connectivity index (χ3v) is 4.56. The van der Waals surface area contributed by atoms with Gasteiger partial charge in [0, 0.05) is 6.54 Å². The second-order valence-electron chi connectivity index (χ2n) is 5.34. The Morgan fingerprint density at radius 2 is 2.10 bits per heavy atom. The molecule has 1 aromatic carbocycles. The lowest BCUT2D eigenvalue weighted by molar-refractivity contribution is -0.125. The number of amides is 1. The van der Waals surface area contributed by atoms with Crippen LogP contribution in [0.1, 0.15) is 19.8 Å². The molecule has 1 saturated heterocycles. The van der Waals surface area contributed by atoms with E-state index in [0.29, 0.717) is 6.54 Å². The Morgan fingerprint density at radius 1 is 1.40 bits per heavy atom. The molecule has 1 aliphatic rings. The van der Waals surface area contributed by atoms with Gasteiger partial charge in [-0.15, -0.1) is 0 Å². The van der Waals surface area contributed by atoms with Crippen molar-refractivity contribution in [3.05, 3.63) is 24.3 Å². The second kappa shape index (κ2) is 5.51. The Labute approximate surface area is 118 Å². The fourth-order valence-corrected chi connectivity index (χ4v) is 3.04. The summed E-state index contributed by atoms with van der Waals surface area (Å²) in [4.78, 5) is 12.3. The normalized spacial score (nSPS) is 23.3. The largest absolute Gasteiger partial charge is 0.324 e. The zero-order chi connectivity index (χ0) is 14.8. The number of nitrogens with one attached hydrogen (secondary N) is 2. The predicted octanol–water partition coefficient (Wildman–Crippen LogP) is 0.662. The van der Waals surface area contributed by atoms with Crippen molar-refractivity contribution in [1.29, 1.82) is 0 Å². The first-order valence-corrected chi connectivity index (χ1v) is 8.02. The van der Waals surface area contributed by atoms with Crippen molar-refractivity contribution in [2.75, 3.05) is 18.4 Å². The van der Waals surface area contributed by atoms with Crippen molar-refractivity contribution in [2.24, 2.45) is 10.6 Å². The van der Waals surface area contributed by atoms with Crippen molar-refractivity contribution < 1.29 is 13.2 Å². The SMILES string of the molecule is CC1(C(=O)Nc2ccccc2S(N)(=O)=O)CCCNC1. The van der Waals surface area contributed by atoms with Crippen LogP contribution in [0.3, 0.4) is 0 Å². The lowest BCUT2D eigenvalue weighted by Gasteiger charge is -2.32. The van der Waals surface area contributed by atoms with E-state index in [4.69, 9.17) is 5.14 Å². The van der Waals surface area contributed by atoms with Gasteiger partial charge in [0.2, 0.25) is 15.9 Å². The van der Waals surface area contributed by atoms with E-state index in [1.54, 1.807) is 12.1 Å². The van der Waals surface area contributed by atoms with Crippen LogP contribution in [-0.2, 0) is 14.8 Å². The molecule has 1 atom stereocenters. The van der Waals surface area contributed by atoms with Gasteiger partial charge in [-0.1, -0.05) is 12.1 Å². The number of carbonyl (C=O) groups is 1. The van der Waals surface area contributed by atoms with Gasteiger partial charge < -0.3 is 10.6 Å². The molecule has 110 valence electrons. The van der Waals surface area contributed by atoms with E-state index < -0.39 is 15.4 Å². The van der Waals surface area contributed by atoms with Gasteiger partial charge in [0.05, 0.1) is 11.1 Å². The molecule has 0 aliphatic carbocycles. The Bertz CT molecular complexity index is 607. The molecule has 1 heterocycles. The monoisotopic (exact) mass is 297 g/mol. The van der Waals surface area contributed by atoms with Gasteiger partial charge in [0.1, 0.15) is 4.90 Å². The number of hydrogen-bond acceptors (Lipinski definition) is 4. The average Bonchev–Trinajstić information content (AvgIpc) is 2.39. The molecule has 0 radical (unpaired) electrons. The van der Waals surface area contributed by atoms with Gasteiger partial charge in [0.15, 0.2) is 0 Å². The molecule has 1 aromatic rings. The summed E-state index contributed by atoms with van der Waals surface area (Å²) >= 11 is 0. The average molecular weight is 297 g/mol. The lowest BCUT2D eigenvalue weighted by atomic mass is 9.82. The Hall–Kier alpha value is -1.44. The minimum Gasteiger partial charge on any atom is -0.324 e. The van der Waals surface area contributed by atoms with Gasteiger partial charge >= 0.3 is 0 Å². The number of benzene rings is 1. The van der Waals surface area contributed by atoms with Gasteiger partial charge in [-0.05, 0) is 38.4 Å². The molecule has 1 fully saturated rings. The van der Waals surface area contributed by atoms with Gasteiger partial charge in [-0.3, -0.25) is 4.79 Å². The number of hydrogen-bond donors (Lipinski definition) is 3. The van der Waals surface area contributed by atoms with Crippen molar-refractivity contribution in [3.8, 4) is 0 Å². The fraction of sp³-hybridized carbons (Fsp3) is 0.462. The van der Waals surface area contributed by atoms with Crippen molar-refractivity contribution in [2.45, 2.75) is 24.7 Å². The van der Waals surface area contributed by atoms with Crippen molar-refractivity contribution >= 4 is 21.6 Å². The first kappa shape index (κ1) is 15.0. The predicted molar refractivity (Wildman–Crippen MR) is 76.7 cm³/mol. The number of carbonyl (C=O) groups excluding carboxylic acids is 1. The van der Waals surface area contributed by atoms with Gasteiger partial charge in [0.25, 0.3) is 0 Å². The maximum Gasteiger partial charge on any atom is 0.240 e. The summed E-state index contributed by atoms with van der Waals surface area (Å²) in [5.41, 5.74) is -0.309. The van der Waals surface area contributed by atoms with Crippen LogP contribution in [0.15, 0.2) is 29.2 Å². The molecular weight excluding hydrogens is 278 g/mol. The Balaban J connectivity index is 2.24. The van der Waals surface area contributed by atoms with E-state index in [1.165, 1.54) is 12.1 Å². The molecule has 0 bridgehead atoms. The molecule has 1 unspecified atom stereocenters. The van der Waals surface area contributed by atoms with Crippen LogP contribution in [-0.4, -0.2) is 27.4 Å². The van der Waals surface area contributed by atoms with E-state index in [2.05, 4.69) is 10.6 Å².